The number of carboxylic acids is 1. The Balaban J connectivity index is 1.37. The highest BCUT2D eigenvalue weighted by Crippen LogP contribution is 2.35. The van der Waals surface area contributed by atoms with Gasteiger partial charge in [0.1, 0.15) is 17.2 Å². The number of furan rings is 1. The number of thioether (sulfide) groups is 1. The maximum absolute atomic E-state index is 12.8. The summed E-state index contributed by atoms with van der Waals surface area (Å²) in [6, 6.07) is 19.5. The Morgan fingerprint density at radius 1 is 1.03 bits per heavy atom. The second-order valence-electron chi connectivity index (χ2n) is 9.13. The van der Waals surface area contributed by atoms with Crippen molar-refractivity contribution < 1.29 is 23.5 Å². The van der Waals surface area contributed by atoms with Crippen LogP contribution >= 0.6 is 23.4 Å². The molecule has 7 nitrogen and oxygen atoms in total. The molecule has 2 heterocycles. The lowest BCUT2D eigenvalue weighted by atomic mass is 9.99. The molecule has 1 amide bonds. The Labute approximate surface area is 232 Å². The summed E-state index contributed by atoms with van der Waals surface area (Å²) in [7, 11) is 0. The van der Waals surface area contributed by atoms with Crippen LogP contribution in [-0.2, 0) is 21.8 Å². The second kappa shape index (κ2) is 11.4. The standard InChI is InChI=1S/C30H24ClNO6S/c1-17-21-11-23-24(19-7-9-20(31)10-8-19)14-37-26(23)13-27(21)38-30(36)22(17)12-28(33)32-25(29(34)35)16-39-15-18-5-3-2-4-6-18/h2-11,13-14,25H,12,15-16H2,1H3,(H,32,33)(H,34,35). The van der Waals surface area contributed by atoms with Crippen molar-refractivity contribution in [2.75, 3.05) is 5.75 Å². The van der Waals surface area contributed by atoms with Gasteiger partial charge in [0.05, 0.1) is 18.2 Å². The molecule has 0 fully saturated rings. The van der Waals surface area contributed by atoms with E-state index in [1.165, 1.54) is 11.8 Å². The molecule has 0 saturated heterocycles. The molecule has 0 saturated carbocycles. The predicted octanol–water partition coefficient (Wildman–Crippen LogP) is 6.21. The van der Waals surface area contributed by atoms with E-state index in [0.29, 0.717) is 32.9 Å². The van der Waals surface area contributed by atoms with Crippen LogP contribution in [0.2, 0.25) is 5.02 Å². The number of amides is 1. The van der Waals surface area contributed by atoms with E-state index in [4.69, 9.17) is 20.4 Å². The van der Waals surface area contributed by atoms with Crippen molar-refractivity contribution in [2.24, 2.45) is 0 Å². The summed E-state index contributed by atoms with van der Waals surface area (Å²) in [5.74, 6) is -0.895. The third kappa shape index (κ3) is 5.87. The van der Waals surface area contributed by atoms with Crippen LogP contribution in [0, 0.1) is 6.92 Å². The summed E-state index contributed by atoms with van der Waals surface area (Å²) in [4.78, 5) is 37.5. The molecule has 9 heteroatoms. The maximum Gasteiger partial charge on any atom is 0.340 e. The van der Waals surface area contributed by atoms with E-state index in [0.717, 1.165) is 22.1 Å². The van der Waals surface area contributed by atoms with Gasteiger partial charge in [0, 0.05) is 38.9 Å². The fraction of sp³-hybridized carbons (Fsp3) is 0.167. The summed E-state index contributed by atoms with van der Waals surface area (Å²) in [5, 5.41) is 14.3. The first kappa shape index (κ1) is 26.6. The van der Waals surface area contributed by atoms with Crippen molar-refractivity contribution in [3.05, 3.63) is 105 Å². The Bertz CT molecular complexity index is 1730. The zero-order chi connectivity index (χ0) is 27.5. The first-order valence-corrected chi connectivity index (χ1v) is 13.7. The number of carbonyl (C=O) groups excluding carboxylic acids is 1. The van der Waals surface area contributed by atoms with E-state index in [1.54, 1.807) is 31.4 Å². The fourth-order valence-corrected chi connectivity index (χ4v) is 5.55. The average Bonchev–Trinajstić information content (AvgIpc) is 3.33. The summed E-state index contributed by atoms with van der Waals surface area (Å²) >= 11 is 7.44. The highest BCUT2D eigenvalue weighted by atomic mass is 35.5. The summed E-state index contributed by atoms with van der Waals surface area (Å²) in [6.07, 6.45) is 1.33. The lowest BCUT2D eigenvalue weighted by Gasteiger charge is -2.15. The van der Waals surface area contributed by atoms with E-state index < -0.39 is 23.5 Å². The monoisotopic (exact) mass is 561 g/mol. The molecule has 5 aromatic rings. The number of benzene rings is 3. The molecule has 0 radical (unpaired) electrons. The Kier molecular flexibility index (Phi) is 7.77. The van der Waals surface area contributed by atoms with Crippen molar-refractivity contribution in [1.82, 2.24) is 5.32 Å². The molecule has 0 aliphatic carbocycles. The van der Waals surface area contributed by atoms with Gasteiger partial charge in [0.25, 0.3) is 0 Å². The fourth-order valence-electron chi connectivity index (χ4n) is 4.42. The number of hydrogen-bond acceptors (Lipinski definition) is 6. The number of rotatable bonds is 9. The molecule has 1 unspecified atom stereocenters. The van der Waals surface area contributed by atoms with E-state index >= 15 is 0 Å². The van der Waals surface area contributed by atoms with Crippen molar-refractivity contribution in [2.45, 2.75) is 25.1 Å². The molecule has 0 aliphatic heterocycles. The van der Waals surface area contributed by atoms with Crippen LogP contribution in [0.25, 0.3) is 33.1 Å². The van der Waals surface area contributed by atoms with Gasteiger partial charge in [-0.3, -0.25) is 4.79 Å². The van der Waals surface area contributed by atoms with Gasteiger partial charge in [0.2, 0.25) is 5.91 Å². The molecule has 198 valence electrons. The first-order chi connectivity index (χ1) is 18.8. The van der Waals surface area contributed by atoms with Crippen molar-refractivity contribution in [3.63, 3.8) is 0 Å². The lowest BCUT2D eigenvalue weighted by molar-refractivity contribution is -0.141. The third-order valence-corrected chi connectivity index (χ3v) is 7.86. The van der Waals surface area contributed by atoms with Crippen LogP contribution in [0.1, 0.15) is 16.7 Å². The number of aryl methyl sites for hydroxylation is 1. The van der Waals surface area contributed by atoms with Crippen LogP contribution in [0.5, 0.6) is 0 Å². The van der Waals surface area contributed by atoms with Gasteiger partial charge < -0.3 is 19.3 Å². The van der Waals surface area contributed by atoms with Gasteiger partial charge in [-0.2, -0.15) is 11.8 Å². The number of carbonyl (C=O) groups is 2. The molecular weight excluding hydrogens is 538 g/mol. The molecule has 0 spiro atoms. The van der Waals surface area contributed by atoms with Crippen LogP contribution in [0.4, 0.5) is 0 Å². The van der Waals surface area contributed by atoms with Gasteiger partial charge in [-0.25, -0.2) is 9.59 Å². The molecular formula is C30H24ClNO6S. The molecule has 2 aromatic heterocycles. The van der Waals surface area contributed by atoms with Crippen LogP contribution in [0.3, 0.4) is 0 Å². The Morgan fingerprint density at radius 2 is 1.77 bits per heavy atom. The van der Waals surface area contributed by atoms with Gasteiger partial charge in [-0.1, -0.05) is 54.1 Å². The molecule has 3 aromatic carbocycles. The minimum Gasteiger partial charge on any atom is -0.480 e. The normalized spacial score (nSPS) is 12.1. The maximum atomic E-state index is 12.8. The minimum absolute atomic E-state index is 0.178. The second-order valence-corrected chi connectivity index (χ2v) is 10.6. The van der Waals surface area contributed by atoms with Crippen molar-refractivity contribution >= 4 is 57.2 Å². The van der Waals surface area contributed by atoms with Crippen LogP contribution < -0.4 is 10.9 Å². The van der Waals surface area contributed by atoms with Crippen molar-refractivity contribution in [1.29, 1.82) is 0 Å². The Hall–Kier alpha value is -4.01. The Morgan fingerprint density at radius 3 is 2.49 bits per heavy atom. The summed E-state index contributed by atoms with van der Waals surface area (Å²) < 4.78 is 11.3. The predicted molar refractivity (Wildman–Crippen MR) is 153 cm³/mol. The lowest BCUT2D eigenvalue weighted by Crippen LogP contribution is -2.43. The molecule has 0 aliphatic rings. The van der Waals surface area contributed by atoms with E-state index in [-0.39, 0.29) is 17.7 Å². The third-order valence-electron chi connectivity index (χ3n) is 6.50. The number of hydrogen-bond donors (Lipinski definition) is 2. The molecule has 39 heavy (non-hydrogen) atoms. The smallest absolute Gasteiger partial charge is 0.340 e. The van der Waals surface area contributed by atoms with Gasteiger partial charge in [-0.05, 0) is 41.8 Å². The summed E-state index contributed by atoms with van der Waals surface area (Å²) in [5.41, 5.74) is 3.84. The largest absolute Gasteiger partial charge is 0.480 e. The number of nitrogens with one attached hydrogen (secondary N) is 1. The van der Waals surface area contributed by atoms with Crippen molar-refractivity contribution in [3.8, 4) is 11.1 Å². The first-order valence-electron chi connectivity index (χ1n) is 12.2. The number of carboxylic acid groups (broad SMARTS) is 1. The number of aliphatic carboxylic acids is 1. The molecule has 2 N–H and O–H groups in total. The van der Waals surface area contributed by atoms with Gasteiger partial charge in [0.15, 0.2) is 0 Å². The SMILES string of the molecule is Cc1c(CC(=O)NC(CSCc2ccccc2)C(=O)O)c(=O)oc2cc3occ(-c4ccc(Cl)cc4)c3cc12. The van der Waals surface area contributed by atoms with Gasteiger partial charge in [-0.15, -0.1) is 0 Å². The number of halogens is 1. The highest BCUT2D eigenvalue weighted by molar-refractivity contribution is 7.98. The van der Waals surface area contributed by atoms with Crippen LogP contribution in [-0.4, -0.2) is 28.8 Å². The average molecular weight is 562 g/mol. The molecule has 1 atom stereocenters. The van der Waals surface area contributed by atoms with E-state index in [1.807, 2.05) is 48.5 Å². The summed E-state index contributed by atoms with van der Waals surface area (Å²) in [6.45, 7) is 1.75. The zero-order valence-electron chi connectivity index (χ0n) is 20.9. The minimum atomic E-state index is -1.14. The molecule has 5 rings (SSSR count). The quantitative estimate of drug-likeness (QED) is 0.206. The molecule has 0 bridgehead atoms. The van der Waals surface area contributed by atoms with E-state index in [9.17, 15) is 19.5 Å². The van der Waals surface area contributed by atoms with Gasteiger partial charge >= 0.3 is 11.6 Å². The zero-order valence-corrected chi connectivity index (χ0v) is 22.5. The van der Waals surface area contributed by atoms with E-state index in [2.05, 4.69) is 5.32 Å². The highest BCUT2D eigenvalue weighted by Gasteiger charge is 2.23. The number of fused-ring (bicyclic) bond motifs is 2. The van der Waals surface area contributed by atoms with Crippen LogP contribution in [0.15, 0.2) is 86.6 Å². The topological polar surface area (TPSA) is 110 Å².